The monoisotopic (exact) mass is 407 g/mol. The first-order valence-electron chi connectivity index (χ1n) is 12.8. The van der Waals surface area contributed by atoms with Gasteiger partial charge in [0.1, 0.15) is 0 Å². The van der Waals surface area contributed by atoms with Gasteiger partial charge in [0.15, 0.2) is 0 Å². The van der Waals surface area contributed by atoms with Crippen LogP contribution in [-0.2, 0) is 9.53 Å². The number of ether oxygens (including phenoxy) is 1. The van der Waals surface area contributed by atoms with Gasteiger partial charge in [-0.2, -0.15) is 0 Å². The highest BCUT2D eigenvalue weighted by Gasteiger charge is 2.15. The number of morpholine rings is 1. The van der Waals surface area contributed by atoms with Gasteiger partial charge in [-0.25, -0.2) is 0 Å². The number of unbranched alkanes of at least 4 members (excludes halogenated alkanes) is 15. The van der Waals surface area contributed by atoms with Gasteiger partial charge >= 0.3 is 0 Å². The van der Waals surface area contributed by atoms with E-state index in [9.17, 15) is 4.79 Å². The average Bonchev–Trinajstić information content (AvgIpc) is 2.75. The normalized spacial score (nSPS) is 14.7. The summed E-state index contributed by atoms with van der Waals surface area (Å²) >= 11 is 0. The van der Waals surface area contributed by atoms with Crippen molar-refractivity contribution in [2.45, 2.75) is 122 Å². The van der Waals surface area contributed by atoms with E-state index < -0.39 is 0 Å². The molecule has 1 rings (SSSR count). The number of amides is 1. The van der Waals surface area contributed by atoms with E-state index in [0.29, 0.717) is 19.1 Å². The van der Waals surface area contributed by atoms with Gasteiger partial charge in [0.2, 0.25) is 5.91 Å². The molecule has 0 aromatic carbocycles. The number of carbonyl (C=O) groups is 1. The molecule has 0 aliphatic carbocycles. The van der Waals surface area contributed by atoms with Crippen LogP contribution in [0.15, 0.2) is 12.2 Å². The second-order valence-electron chi connectivity index (χ2n) is 8.74. The second-order valence-corrected chi connectivity index (χ2v) is 8.74. The molecular weight excluding hydrogens is 358 g/mol. The molecule has 1 fully saturated rings. The number of allylic oxidation sites excluding steroid dienone is 2. The zero-order chi connectivity index (χ0) is 20.8. The summed E-state index contributed by atoms with van der Waals surface area (Å²) in [6, 6.07) is 0. The van der Waals surface area contributed by atoms with E-state index in [-0.39, 0.29) is 0 Å². The van der Waals surface area contributed by atoms with Crippen molar-refractivity contribution in [2.75, 3.05) is 26.3 Å². The van der Waals surface area contributed by atoms with E-state index >= 15 is 0 Å². The van der Waals surface area contributed by atoms with E-state index in [1.165, 1.54) is 103 Å². The Morgan fingerprint density at radius 3 is 1.66 bits per heavy atom. The Kier molecular flexibility index (Phi) is 18.5. The molecular formula is C26H49NO2. The number of carbonyl (C=O) groups excluding carboxylic acids is 1. The fourth-order valence-electron chi connectivity index (χ4n) is 4.02. The van der Waals surface area contributed by atoms with Crippen LogP contribution >= 0.6 is 0 Å². The molecule has 0 saturated carbocycles. The number of hydrogen-bond acceptors (Lipinski definition) is 2. The Morgan fingerprint density at radius 1 is 0.690 bits per heavy atom. The molecule has 3 heteroatoms. The first-order valence-corrected chi connectivity index (χ1v) is 12.8. The molecule has 0 atom stereocenters. The number of hydrogen-bond donors (Lipinski definition) is 0. The van der Waals surface area contributed by atoms with Gasteiger partial charge in [-0.3, -0.25) is 4.79 Å². The molecule has 0 spiro atoms. The maximum absolute atomic E-state index is 12.0. The maximum atomic E-state index is 12.0. The van der Waals surface area contributed by atoms with E-state index in [1.807, 2.05) is 4.90 Å². The first kappa shape index (κ1) is 26.2. The van der Waals surface area contributed by atoms with Crippen molar-refractivity contribution in [1.29, 1.82) is 0 Å². The van der Waals surface area contributed by atoms with Crippen LogP contribution in [0, 0.1) is 0 Å². The highest BCUT2D eigenvalue weighted by atomic mass is 16.5. The lowest BCUT2D eigenvalue weighted by Gasteiger charge is -2.26. The van der Waals surface area contributed by atoms with E-state index in [1.54, 1.807) is 0 Å². The van der Waals surface area contributed by atoms with Gasteiger partial charge in [-0.05, 0) is 32.1 Å². The molecule has 29 heavy (non-hydrogen) atoms. The Balaban J connectivity index is 1.73. The predicted molar refractivity (Wildman–Crippen MR) is 125 cm³/mol. The minimum Gasteiger partial charge on any atom is -0.378 e. The molecule has 1 aliphatic heterocycles. The zero-order valence-electron chi connectivity index (χ0n) is 19.5. The average molecular weight is 408 g/mol. The van der Waals surface area contributed by atoms with Gasteiger partial charge < -0.3 is 9.64 Å². The van der Waals surface area contributed by atoms with Crippen LogP contribution in [-0.4, -0.2) is 37.1 Å². The third kappa shape index (κ3) is 16.6. The largest absolute Gasteiger partial charge is 0.378 e. The molecule has 1 aliphatic rings. The van der Waals surface area contributed by atoms with Crippen molar-refractivity contribution in [1.82, 2.24) is 4.90 Å². The number of nitrogens with zero attached hydrogens (tertiary/aromatic N) is 1. The maximum Gasteiger partial charge on any atom is 0.222 e. The van der Waals surface area contributed by atoms with Gasteiger partial charge in [-0.15, -0.1) is 0 Å². The minimum absolute atomic E-state index is 0.328. The van der Waals surface area contributed by atoms with Crippen LogP contribution in [0.2, 0.25) is 0 Å². The SMILES string of the molecule is CCCCCCCC/C=C\CCCCCCCCCCCC(=O)N1CCOCC1. The molecule has 1 saturated heterocycles. The fourth-order valence-corrected chi connectivity index (χ4v) is 4.02. The topological polar surface area (TPSA) is 29.5 Å². The fraction of sp³-hybridized carbons (Fsp3) is 0.885. The van der Waals surface area contributed by atoms with Gasteiger partial charge in [0.25, 0.3) is 0 Å². The third-order valence-electron chi connectivity index (χ3n) is 6.02. The summed E-state index contributed by atoms with van der Waals surface area (Å²) in [7, 11) is 0. The van der Waals surface area contributed by atoms with Crippen molar-refractivity contribution in [2.24, 2.45) is 0 Å². The van der Waals surface area contributed by atoms with Crippen molar-refractivity contribution < 1.29 is 9.53 Å². The second kappa shape index (κ2) is 20.4. The summed E-state index contributed by atoms with van der Waals surface area (Å²) in [4.78, 5) is 14.0. The summed E-state index contributed by atoms with van der Waals surface area (Å²) in [5.41, 5.74) is 0. The minimum atomic E-state index is 0.328. The summed E-state index contributed by atoms with van der Waals surface area (Å²) in [6.45, 7) is 5.27. The molecule has 0 radical (unpaired) electrons. The van der Waals surface area contributed by atoms with Crippen LogP contribution in [0.4, 0.5) is 0 Å². The van der Waals surface area contributed by atoms with E-state index in [2.05, 4.69) is 19.1 Å². The molecule has 3 nitrogen and oxygen atoms in total. The standard InChI is InChI=1S/C26H49NO2/c1-2-3-4-5-6-7-8-9-10-11-12-13-14-15-16-17-18-19-20-21-26(28)27-22-24-29-25-23-27/h9-10H,2-8,11-25H2,1H3/b10-9-. The Hall–Kier alpha value is -0.830. The van der Waals surface area contributed by atoms with Gasteiger partial charge in [0, 0.05) is 19.5 Å². The smallest absolute Gasteiger partial charge is 0.222 e. The molecule has 0 aromatic rings. The number of rotatable bonds is 19. The summed E-state index contributed by atoms with van der Waals surface area (Å²) in [5.74, 6) is 0.328. The lowest BCUT2D eigenvalue weighted by atomic mass is 10.1. The van der Waals surface area contributed by atoms with Crippen molar-refractivity contribution in [3.63, 3.8) is 0 Å². The van der Waals surface area contributed by atoms with E-state index in [0.717, 1.165) is 25.9 Å². The van der Waals surface area contributed by atoms with Crippen LogP contribution in [0.3, 0.4) is 0 Å². The Morgan fingerprint density at radius 2 is 1.14 bits per heavy atom. The molecule has 0 bridgehead atoms. The Bertz CT molecular complexity index is 388. The lowest BCUT2D eigenvalue weighted by molar-refractivity contribution is -0.135. The summed E-state index contributed by atoms with van der Waals surface area (Å²) in [5, 5.41) is 0. The summed E-state index contributed by atoms with van der Waals surface area (Å²) < 4.78 is 5.30. The predicted octanol–water partition coefficient (Wildman–Crippen LogP) is 7.44. The van der Waals surface area contributed by atoms with Crippen molar-refractivity contribution in [3.05, 3.63) is 12.2 Å². The summed E-state index contributed by atoms with van der Waals surface area (Å²) in [6.07, 6.45) is 28.3. The highest BCUT2D eigenvalue weighted by Crippen LogP contribution is 2.13. The zero-order valence-corrected chi connectivity index (χ0v) is 19.5. The van der Waals surface area contributed by atoms with Crippen LogP contribution in [0.5, 0.6) is 0 Å². The van der Waals surface area contributed by atoms with Crippen LogP contribution < -0.4 is 0 Å². The first-order chi connectivity index (χ1) is 14.3. The molecule has 170 valence electrons. The molecule has 0 aromatic heterocycles. The molecule has 0 N–H and O–H groups in total. The third-order valence-corrected chi connectivity index (χ3v) is 6.02. The van der Waals surface area contributed by atoms with Crippen LogP contribution in [0.1, 0.15) is 122 Å². The van der Waals surface area contributed by atoms with Crippen LogP contribution in [0.25, 0.3) is 0 Å². The van der Waals surface area contributed by atoms with E-state index in [4.69, 9.17) is 4.74 Å². The molecule has 1 heterocycles. The quantitative estimate of drug-likeness (QED) is 0.164. The highest BCUT2D eigenvalue weighted by molar-refractivity contribution is 5.76. The lowest BCUT2D eigenvalue weighted by Crippen LogP contribution is -2.40. The molecule has 1 amide bonds. The Labute approximate surface area is 181 Å². The van der Waals surface area contributed by atoms with Gasteiger partial charge in [0.05, 0.1) is 13.2 Å². The van der Waals surface area contributed by atoms with Gasteiger partial charge in [-0.1, -0.05) is 96.1 Å². The molecule has 0 unspecified atom stereocenters. The van der Waals surface area contributed by atoms with Crippen molar-refractivity contribution >= 4 is 5.91 Å². The van der Waals surface area contributed by atoms with Crippen molar-refractivity contribution in [3.8, 4) is 0 Å².